The summed E-state index contributed by atoms with van der Waals surface area (Å²) in [5.74, 6) is 2.29. The molecular formula is C22H26N2O5. The molecule has 1 saturated heterocycles. The van der Waals surface area contributed by atoms with E-state index in [0.717, 1.165) is 41.5 Å². The summed E-state index contributed by atoms with van der Waals surface area (Å²) < 4.78 is 21.6. The normalized spacial score (nSPS) is 17.0. The third-order valence-electron chi connectivity index (χ3n) is 5.28. The molecule has 0 unspecified atom stereocenters. The van der Waals surface area contributed by atoms with Gasteiger partial charge in [-0.25, -0.2) is 0 Å². The van der Waals surface area contributed by atoms with Gasteiger partial charge in [0.25, 0.3) is 0 Å². The van der Waals surface area contributed by atoms with Crippen LogP contribution in [0.4, 0.5) is 0 Å². The summed E-state index contributed by atoms with van der Waals surface area (Å²) in [6, 6.07) is 13.6. The summed E-state index contributed by atoms with van der Waals surface area (Å²) in [4.78, 5) is 14.9. The van der Waals surface area contributed by atoms with E-state index in [1.807, 2.05) is 42.5 Å². The second-order valence-electron chi connectivity index (χ2n) is 7.11. The van der Waals surface area contributed by atoms with Crippen LogP contribution >= 0.6 is 0 Å². The van der Waals surface area contributed by atoms with Crippen LogP contribution in [-0.4, -0.2) is 57.6 Å². The number of nitrogens with one attached hydrogen (secondary N) is 1. The topological polar surface area (TPSA) is 69.3 Å². The predicted octanol–water partition coefficient (Wildman–Crippen LogP) is 2.16. The maximum Gasteiger partial charge on any atom is 0.231 e. The van der Waals surface area contributed by atoms with Crippen LogP contribution in [0.2, 0.25) is 0 Å². The van der Waals surface area contributed by atoms with E-state index in [-0.39, 0.29) is 18.7 Å². The van der Waals surface area contributed by atoms with Gasteiger partial charge in [0.2, 0.25) is 12.7 Å². The molecule has 1 N–H and O–H groups in total. The molecule has 0 radical (unpaired) electrons. The number of nitrogens with zero attached hydrogens (tertiary/aromatic N) is 1. The van der Waals surface area contributed by atoms with Crippen molar-refractivity contribution >= 4 is 5.91 Å². The summed E-state index contributed by atoms with van der Waals surface area (Å²) in [5.41, 5.74) is 2.05. The quantitative estimate of drug-likeness (QED) is 0.771. The number of amides is 1. The van der Waals surface area contributed by atoms with Gasteiger partial charge in [-0.05, 0) is 35.4 Å². The molecule has 2 aromatic carbocycles. The number of morpholine rings is 1. The highest BCUT2D eigenvalue weighted by molar-refractivity contribution is 5.78. The molecule has 0 aromatic heterocycles. The van der Waals surface area contributed by atoms with Crippen molar-refractivity contribution < 1.29 is 23.7 Å². The van der Waals surface area contributed by atoms with E-state index in [1.165, 1.54) is 0 Å². The van der Waals surface area contributed by atoms with Gasteiger partial charge in [0.15, 0.2) is 11.5 Å². The summed E-state index contributed by atoms with van der Waals surface area (Å²) in [6.07, 6.45) is 0.334. The molecule has 4 rings (SSSR count). The molecule has 1 atom stereocenters. The number of benzene rings is 2. The highest BCUT2D eigenvalue weighted by Gasteiger charge is 2.25. The van der Waals surface area contributed by atoms with Crippen molar-refractivity contribution in [3.8, 4) is 17.2 Å². The fraction of sp³-hybridized carbons (Fsp3) is 0.409. The van der Waals surface area contributed by atoms with E-state index in [1.54, 1.807) is 7.11 Å². The van der Waals surface area contributed by atoms with Gasteiger partial charge in [0.05, 0.1) is 32.8 Å². The van der Waals surface area contributed by atoms with Crippen molar-refractivity contribution in [1.82, 2.24) is 10.2 Å². The summed E-state index contributed by atoms with van der Waals surface area (Å²) in [5, 5.41) is 3.10. The van der Waals surface area contributed by atoms with Gasteiger partial charge in [-0.15, -0.1) is 0 Å². The number of rotatable bonds is 7. The lowest BCUT2D eigenvalue weighted by molar-refractivity contribution is -0.120. The lowest BCUT2D eigenvalue weighted by Crippen LogP contribution is -2.44. The van der Waals surface area contributed by atoms with E-state index < -0.39 is 0 Å². The van der Waals surface area contributed by atoms with Crippen molar-refractivity contribution in [1.29, 1.82) is 0 Å². The van der Waals surface area contributed by atoms with E-state index in [2.05, 4.69) is 10.2 Å². The number of hydrogen-bond donors (Lipinski definition) is 1. The van der Waals surface area contributed by atoms with Gasteiger partial charge in [-0.3, -0.25) is 9.69 Å². The molecule has 2 heterocycles. The Morgan fingerprint density at radius 1 is 1.10 bits per heavy atom. The SMILES string of the molecule is COc1ccc(CC(=O)NC[C@H](c2ccc3c(c2)OCO3)N2CCOCC2)cc1. The van der Waals surface area contributed by atoms with Crippen LogP contribution in [0.15, 0.2) is 42.5 Å². The van der Waals surface area contributed by atoms with E-state index in [4.69, 9.17) is 18.9 Å². The Morgan fingerprint density at radius 3 is 2.62 bits per heavy atom. The first-order valence-electron chi connectivity index (χ1n) is 9.84. The lowest BCUT2D eigenvalue weighted by Gasteiger charge is -2.35. The van der Waals surface area contributed by atoms with E-state index in [0.29, 0.717) is 26.2 Å². The molecule has 7 nitrogen and oxygen atoms in total. The molecule has 0 spiro atoms. The lowest BCUT2D eigenvalue weighted by atomic mass is 10.0. The first-order valence-corrected chi connectivity index (χ1v) is 9.84. The molecule has 0 aliphatic carbocycles. The van der Waals surface area contributed by atoms with Crippen LogP contribution in [0.1, 0.15) is 17.2 Å². The molecule has 2 aliphatic heterocycles. The average molecular weight is 398 g/mol. The molecule has 1 fully saturated rings. The van der Waals surface area contributed by atoms with Crippen LogP contribution in [-0.2, 0) is 16.0 Å². The van der Waals surface area contributed by atoms with Crippen molar-refractivity contribution in [2.24, 2.45) is 0 Å². The highest BCUT2D eigenvalue weighted by Crippen LogP contribution is 2.35. The van der Waals surface area contributed by atoms with Crippen LogP contribution in [0.5, 0.6) is 17.2 Å². The molecule has 0 saturated carbocycles. The number of carbonyl (C=O) groups excluding carboxylic acids is 1. The monoisotopic (exact) mass is 398 g/mol. The third kappa shape index (κ3) is 4.81. The highest BCUT2D eigenvalue weighted by atomic mass is 16.7. The number of carbonyl (C=O) groups is 1. The van der Waals surface area contributed by atoms with Gasteiger partial charge in [0, 0.05) is 19.6 Å². The number of fused-ring (bicyclic) bond motifs is 1. The maximum absolute atomic E-state index is 12.5. The molecule has 2 aliphatic rings. The standard InChI is InChI=1S/C22H26N2O5/c1-26-18-5-2-16(3-6-18)12-22(25)23-14-19(24-8-10-27-11-9-24)17-4-7-20-21(13-17)29-15-28-20/h2-7,13,19H,8-12,14-15H2,1H3,(H,23,25)/t19-/m1/s1. The average Bonchev–Trinajstić information content (AvgIpc) is 3.23. The minimum Gasteiger partial charge on any atom is -0.497 e. The van der Waals surface area contributed by atoms with Gasteiger partial charge < -0.3 is 24.3 Å². The summed E-state index contributed by atoms with van der Waals surface area (Å²) in [7, 11) is 1.63. The first-order chi connectivity index (χ1) is 14.2. The van der Waals surface area contributed by atoms with Gasteiger partial charge in [-0.2, -0.15) is 0 Å². The minimum absolute atomic E-state index is 0.00540. The Morgan fingerprint density at radius 2 is 1.86 bits per heavy atom. The second kappa shape index (κ2) is 9.15. The Kier molecular flexibility index (Phi) is 6.17. The largest absolute Gasteiger partial charge is 0.497 e. The molecule has 2 aromatic rings. The zero-order valence-electron chi connectivity index (χ0n) is 16.6. The van der Waals surface area contributed by atoms with Gasteiger partial charge >= 0.3 is 0 Å². The van der Waals surface area contributed by atoms with Crippen LogP contribution < -0.4 is 19.5 Å². The van der Waals surface area contributed by atoms with E-state index in [9.17, 15) is 4.79 Å². The molecular weight excluding hydrogens is 372 g/mol. The maximum atomic E-state index is 12.5. The van der Waals surface area contributed by atoms with Crippen molar-refractivity contribution in [3.63, 3.8) is 0 Å². The van der Waals surface area contributed by atoms with Crippen molar-refractivity contribution in [2.45, 2.75) is 12.5 Å². The Bertz CT molecular complexity index is 834. The zero-order valence-corrected chi connectivity index (χ0v) is 16.6. The summed E-state index contributed by atoms with van der Waals surface area (Å²) in [6.45, 7) is 3.82. The third-order valence-corrected chi connectivity index (χ3v) is 5.28. The van der Waals surface area contributed by atoms with Gasteiger partial charge in [-0.1, -0.05) is 18.2 Å². The minimum atomic E-state index is -0.00540. The second-order valence-corrected chi connectivity index (χ2v) is 7.11. The predicted molar refractivity (Wildman–Crippen MR) is 107 cm³/mol. The number of ether oxygens (including phenoxy) is 4. The fourth-order valence-electron chi connectivity index (χ4n) is 3.67. The Balaban J connectivity index is 1.42. The van der Waals surface area contributed by atoms with E-state index >= 15 is 0 Å². The Hall–Kier alpha value is -2.77. The number of hydrogen-bond acceptors (Lipinski definition) is 6. The van der Waals surface area contributed by atoms with Crippen molar-refractivity contribution in [3.05, 3.63) is 53.6 Å². The molecule has 0 bridgehead atoms. The Labute approximate surface area is 170 Å². The zero-order chi connectivity index (χ0) is 20.1. The summed E-state index contributed by atoms with van der Waals surface area (Å²) >= 11 is 0. The van der Waals surface area contributed by atoms with Crippen LogP contribution in [0.3, 0.4) is 0 Å². The van der Waals surface area contributed by atoms with Crippen LogP contribution in [0.25, 0.3) is 0 Å². The fourth-order valence-corrected chi connectivity index (χ4v) is 3.67. The molecule has 29 heavy (non-hydrogen) atoms. The molecule has 154 valence electrons. The van der Waals surface area contributed by atoms with Crippen molar-refractivity contribution in [2.75, 3.05) is 46.8 Å². The van der Waals surface area contributed by atoms with Gasteiger partial charge in [0.1, 0.15) is 5.75 Å². The molecule has 7 heteroatoms. The number of methoxy groups -OCH3 is 1. The first kappa shape index (κ1) is 19.5. The van der Waals surface area contributed by atoms with Crippen LogP contribution in [0, 0.1) is 0 Å². The molecule has 1 amide bonds. The smallest absolute Gasteiger partial charge is 0.231 e.